The van der Waals surface area contributed by atoms with Crippen LogP contribution in [0.3, 0.4) is 0 Å². The van der Waals surface area contributed by atoms with Crippen LogP contribution in [0.25, 0.3) is 0 Å². The van der Waals surface area contributed by atoms with Gasteiger partial charge in [-0.25, -0.2) is 9.78 Å². The molecule has 9 N–H and O–H groups in total. The number of H-pyrrole nitrogens is 1. The van der Waals surface area contributed by atoms with Crippen LogP contribution >= 0.6 is 11.8 Å². The van der Waals surface area contributed by atoms with Crippen LogP contribution in [0.5, 0.6) is 0 Å². The zero-order valence-electron chi connectivity index (χ0n) is 21.3. The summed E-state index contributed by atoms with van der Waals surface area (Å²) in [5, 5.41) is 17.5. The zero-order chi connectivity index (χ0) is 27.1. The topological polar surface area (TPSA) is 205 Å². The van der Waals surface area contributed by atoms with Gasteiger partial charge in [0.2, 0.25) is 17.7 Å². The number of nitrogens with two attached hydrogens (primary N) is 2. The highest BCUT2D eigenvalue weighted by molar-refractivity contribution is 7.98. The van der Waals surface area contributed by atoms with Crippen molar-refractivity contribution in [1.82, 2.24) is 25.9 Å². The van der Waals surface area contributed by atoms with E-state index in [1.165, 1.54) is 24.3 Å². The molecule has 0 spiro atoms. The van der Waals surface area contributed by atoms with Crippen LogP contribution in [0.1, 0.15) is 51.6 Å². The highest BCUT2D eigenvalue weighted by atomic mass is 32.2. The Labute approximate surface area is 216 Å². The molecule has 36 heavy (non-hydrogen) atoms. The summed E-state index contributed by atoms with van der Waals surface area (Å²) in [6, 6.07) is -3.89. The highest BCUT2D eigenvalue weighted by Gasteiger charge is 2.32. The minimum Gasteiger partial charge on any atom is -0.480 e. The van der Waals surface area contributed by atoms with Crippen LogP contribution in [-0.4, -0.2) is 81.5 Å². The molecule has 0 fully saturated rings. The van der Waals surface area contributed by atoms with E-state index in [-0.39, 0.29) is 12.3 Å². The van der Waals surface area contributed by atoms with Gasteiger partial charge in [0.25, 0.3) is 0 Å². The average molecular weight is 528 g/mol. The molecule has 0 saturated carbocycles. The Morgan fingerprint density at radius 3 is 2.31 bits per heavy atom. The standard InChI is InChI=1S/C23H41N7O5S/c1-4-14(2)19(23(34)35)30-22(33)18(11-15-12-26-13-27-15)29-21(32)17(8-10-36-3)28-20(31)16(25)7-5-6-9-24/h12-14,16-19H,4-11,24-25H2,1-3H3,(H,26,27)(H,28,31)(H,29,32)(H,30,33)(H,34,35). The van der Waals surface area contributed by atoms with E-state index in [1.807, 2.05) is 13.2 Å². The maximum Gasteiger partial charge on any atom is 0.326 e. The molecule has 13 heteroatoms. The van der Waals surface area contributed by atoms with Gasteiger partial charge < -0.3 is 37.5 Å². The van der Waals surface area contributed by atoms with Crippen molar-refractivity contribution in [2.45, 2.75) is 76.5 Å². The number of rotatable bonds is 18. The molecule has 0 saturated heterocycles. The van der Waals surface area contributed by atoms with Crippen LogP contribution in [0.15, 0.2) is 12.5 Å². The molecule has 1 aromatic heterocycles. The van der Waals surface area contributed by atoms with Crippen LogP contribution in [0, 0.1) is 5.92 Å². The fraction of sp³-hybridized carbons (Fsp3) is 0.696. The van der Waals surface area contributed by atoms with Gasteiger partial charge in [0, 0.05) is 18.3 Å². The first-order valence-electron chi connectivity index (χ1n) is 12.2. The summed E-state index contributed by atoms with van der Waals surface area (Å²) in [6.45, 7) is 4.06. The third-order valence-electron chi connectivity index (χ3n) is 5.94. The van der Waals surface area contributed by atoms with E-state index in [4.69, 9.17) is 11.5 Å². The molecule has 3 amide bonds. The summed E-state index contributed by atoms with van der Waals surface area (Å²) in [7, 11) is 0. The van der Waals surface area contributed by atoms with Crippen LogP contribution in [0.4, 0.5) is 0 Å². The molecule has 0 aliphatic heterocycles. The quantitative estimate of drug-likeness (QED) is 0.125. The smallest absolute Gasteiger partial charge is 0.326 e. The number of carbonyl (C=O) groups is 4. The maximum atomic E-state index is 13.2. The second-order valence-corrected chi connectivity index (χ2v) is 9.77. The van der Waals surface area contributed by atoms with E-state index in [0.717, 1.165) is 6.42 Å². The molecule has 5 atom stereocenters. The second kappa shape index (κ2) is 16.9. The first kappa shape index (κ1) is 31.4. The van der Waals surface area contributed by atoms with Crippen molar-refractivity contribution in [3.05, 3.63) is 18.2 Å². The SMILES string of the molecule is CCC(C)C(NC(=O)C(Cc1cnc[nH]1)NC(=O)C(CCSC)NC(=O)C(N)CCCCN)C(=O)O. The number of aromatic amines is 1. The number of carboxylic acid groups (broad SMARTS) is 1. The van der Waals surface area contributed by atoms with E-state index in [0.29, 0.717) is 43.7 Å². The van der Waals surface area contributed by atoms with Gasteiger partial charge in [0.05, 0.1) is 12.4 Å². The number of aromatic nitrogens is 2. The van der Waals surface area contributed by atoms with Crippen molar-refractivity contribution in [2.24, 2.45) is 17.4 Å². The third-order valence-corrected chi connectivity index (χ3v) is 6.58. The Morgan fingerprint density at radius 1 is 1.08 bits per heavy atom. The lowest BCUT2D eigenvalue weighted by molar-refractivity contribution is -0.143. The molecule has 1 heterocycles. The van der Waals surface area contributed by atoms with Crippen molar-refractivity contribution < 1.29 is 24.3 Å². The first-order chi connectivity index (χ1) is 17.1. The molecule has 0 radical (unpaired) electrons. The minimum absolute atomic E-state index is 0.0617. The predicted octanol–water partition coefficient (Wildman–Crippen LogP) is -0.253. The van der Waals surface area contributed by atoms with Gasteiger partial charge in [-0.3, -0.25) is 14.4 Å². The molecule has 0 aromatic carbocycles. The normalized spacial score (nSPS) is 15.2. The van der Waals surface area contributed by atoms with Crippen molar-refractivity contribution in [1.29, 1.82) is 0 Å². The molecular formula is C23H41N7O5S. The molecule has 0 aliphatic rings. The molecule has 1 aromatic rings. The number of unbranched alkanes of at least 4 members (excludes halogenated alkanes) is 1. The van der Waals surface area contributed by atoms with Gasteiger partial charge in [0.15, 0.2) is 0 Å². The second-order valence-electron chi connectivity index (χ2n) is 8.79. The summed E-state index contributed by atoms with van der Waals surface area (Å²) >= 11 is 1.51. The predicted molar refractivity (Wildman–Crippen MR) is 139 cm³/mol. The molecule has 0 bridgehead atoms. The van der Waals surface area contributed by atoms with Crippen molar-refractivity contribution in [3.8, 4) is 0 Å². The average Bonchev–Trinajstić information content (AvgIpc) is 3.36. The summed E-state index contributed by atoms with van der Waals surface area (Å²) in [5.74, 6) is -2.53. The summed E-state index contributed by atoms with van der Waals surface area (Å²) in [4.78, 5) is 57.5. The molecule has 0 aliphatic carbocycles. The Morgan fingerprint density at radius 2 is 1.75 bits per heavy atom. The maximum absolute atomic E-state index is 13.2. The fourth-order valence-electron chi connectivity index (χ4n) is 3.46. The Hall–Kier alpha value is -2.64. The van der Waals surface area contributed by atoms with Gasteiger partial charge in [-0.05, 0) is 43.7 Å². The monoisotopic (exact) mass is 527 g/mol. The minimum atomic E-state index is -1.15. The lowest BCUT2D eigenvalue weighted by atomic mass is 9.98. The Bertz CT molecular complexity index is 824. The molecule has 5 unspecified atom stereocenters. The first-order valence-corrected chi connectivity index (χ1v) is 13.6. The third kappa shape index (κ3) is 11.0. The zero-order valence-corrected chi connectivity index (χ0v) is 22.1. The Balaban J connectivity index is 3.01. The number of carboxylic acids is 1. The number of nitrogens with one attached hydrogen (secondary N) is 4. The van der Waals surface area contributed by atoms with Crippen LogP contribution in [-0.2, 0) is 25.6 Å². The number of hydrogen-bond acceptors (Lipinski definition) is 8. The van der Waals surface area contributed by atoms with Gasteiger partial charge in [0.1, 0.15) is 18.1 Å². The van der Waals surface area contributed by atoms with Gasteiger partial charge in [-0.2, -0.15) is 11.8 Å². The number of hydrogen-bond donors (Lipinski definition) is 7. The lowest BCUT2D eigenvalue weighted by Crippen LogP contribution is -2.58. The number of nitrogens with zero attached hydrogens (tertiary/aromatic N) is 1. The van der Waals surface area contributed by atoms with Gasteiger partial charge in [-0.1, -0.05) is 26.7 Å². The molecule has 12 nitrogen and oxygen atoms in total. The van der Waals surface area contributed by atoms with E-state index >= 15 is 0 Å². The van der Waals surface area contributed by atoms with E-state index in [9.17, 15) is 24.3 Å². The van der Waals surface area contributed by atoms with E-state index < -0.39 is 47.9 Å². The summed E-state index contributed by atoms with van der Waals surface area (Å²) in [6.07, 6.45) is 7.66. The van der Waals surface area contributed by atoms with E-state index in [2.05, 4.69) is 25.9 Å². The lowest BCUT2D eigenvalue weighted by Gasteiger charge is -2.26. The number of thioether (sulfide) groups is 1. The molecule has 1 rings (SSSR count). The van der Waals surface area contributed by atoms with Gasteiger partial charge >= 0.3 is 5.97 Å². The van der Waals surface area contributed by atoms with Crippen LogP contribution in [0.2, 0.25) is 0 Å². The number of amides is 3. The number of carbonyl (C=O) groups excluding carboxylic acids is 3. The largest absolute Gasteiger partial charge is 0.480 e. The van der Waals surface area contributed by atoms with Crippen molar-refractivity contribution in [3.63, 3.8) is 0 Å². The van der Waals surface area contributed by atoms with Gasteiger partial charge in [-0.15, -0.1) is 0 Å². The fourth-order valence-corrected chi connectivity index (χ4v) is 3.93. The van der Waals surface area contributed by atoms with Crippen molar-refractivity contribution in [2.75, 3.05) is 18.6 Å². The summed E-state index contributed by atoms with van der Waals surface area (Å²) < 4.78 is 0. The van der Waals surface area contributed by atoms with E-state index in [1.54, 1.807) is 6.92 Å². The highest BCUT2D eigenvalue weighted by Crippen LogP contribution is 2.10. The Kier molecular flexibility index (Phi) is 14.8. The number of aliphatic carboxylic acids is 1. The van der Waals surface area contributed by atoms with Crippen LogP contribution < -0.4 is 27.4 Å². The summed E-state index contributed by atoms with van der Waals surface area (Å²) in [5.41, 5.74) is 12.0. The number of imidazole rings is 1. The molecular weight excluding hydrogens is 486 g/mol. The van der Waals surface area contributed by atoms with Crippen molar-refractivity contribution >= 4 is 35.5 Å². The molecule has 204 valence electrons.